The number of hydrogen-bond acceptors (Lipinski definition) is 3. The highest BCUT2D eigenvalue weighted by Gasteiger charge is 2.33. The second-order valence-electron chi connectivity index (χ2n) is 4.13. The Morgan fingerprint density at radius 3 is 2.41 bits per heavy atom. The summed E-state index contributed by atoms with van der Waals surface area (Å²) in [6.07, 6.45) is -2.12. The molecule has 1 unspecified atom stereocenters. The van der Waals surface area contributed by atoms with Crippen molar-refractivity contribution >= 4 is 0 Å². The lowest BCUT2D eigenvalue weighted by atomic mass is 10.1. The number of ether oxygens (including phenoxy) is 1. The predicted octanol–water partition coefficient (Wildman–Crippen LogP) is 2.01. The van der Waals surface area contributed by atoms with Gasteiger partial charge in [-0.3, -0.25) is 4.90 Å². The molecule has 2 N–H and O–H groups in total. The average molecular weight is 256 g/mol. The number of nitrogens with two attached hydrogens (primary N) is 1. The topological polar surface area (TPSA) is 38.5 Å². The van der Waals surface area contributed by atoms with Gasteiger partial charge in [0.05, 0.1) is 13.2 Å². The molecule has 3 nitrogen and oxygen atoms in total. The number of hydrogen-bond donors (Lipinski definition) is 1. The van der Waals surface area contributed by atoms with Crippen molar-refractivity contribution in [1.29, 1.82) is 0 Å². The van der Waals surface area contributed by atoms with E-state index in [1.807, 2.05) is 6.92 Å². The molecule has 0 saturated carbocycles. The lowest BCUT2D eigenvalue weighted by Crippen LogP contribution is -2.44. The first-order valence-corrected chi connectivity index (χ1v) is 5.94. The minimum atomic E-state index is -4.16. The first kappa shape index (κ1) is 16.7. The first-order chi connectivity index (χ1) is 7.94. The highest BCUT2D eigenvalue weighted by molar-refractivity contribution is 4.74. The maximum atomic E-state index is 12.4. The van der Waals surface area contributed by atoms with Gasteiger partial charge in [-0.05, 0) is 32.4 Å². The summed E-state index contributed by atoms with van der Waals surface area (Å²) < 4.78 is 42.3. The van der Waals surface area contributed by atoms with Crippen molar-refractivity contribution in [3.05, 3.63) is 0 Å². The molecule has 0 rings (SSSR count). The summed E-state index contributed by atoms with van der Waals surface area (Å²) in [5.74, 6) is 0. The van der Waals surface area contributed by atoms with E-state index in [0.29, 0.717) is 39.0 Å². The average Bonchev–Trinajstić information content (AvgIpc) is 2.22. The summed E-state index contributed by atoms with van der Waals surface area (Å²) in [6, 6.07) is -0.204. The summed E-state index contributed by atoms with van der Waals surface area (Å²) in [4.78, 5) is 1.44. The van der Waals surface area contributed by atoms with Crippen LogP contribution in [-0.2, 0) is 4.74 Å². The second kappa shape index (κ2) is 8.72. The maximum absolute atomic E-state index is 12.4. The van der Waals surface area contributed by atoms with Gasteiger partial charge in [-0.2, -0.15) is 13.2 Å². The van der Waals surface area contributed by atoms with Gasteiger partial charge in [-0.25, -0.2) is 0 Å². The van der Waals surface area contributed by atoms with Crippen molar-refractivity contribution in [3.63, 3.8) is 0 Å². The molecule has 0 spiro atoms. The van der Waals surface area contributed by atoms with Crippen LogP contribution in [0.5, 0.6) is 0 Å². The standard InChI is InChI=1S/C11H23F3N2O/c1-3-7-16(9-11(12,13)14)10(8-17-2)5-4-6-15/h10H,3-9,15H2,1-2H3. The van der Waals surface area contributed by atoms with Crippen molar-refractivity contribution in [2.45, 2.75) is 38.4 Å². The maximum Gasteiger partial charge on any atom is 0.401 e. The Hall–Kier alpha value is -0.330. The third-order valence-electron chi connectivity index (χ3n) is 2.51. The van der Waals surface area contributed by atoms with Crippen LogP contribution >= 0.6 is 0 Å². The number of rotatable bonds is 9. The SMILES string of the molecule is CCCN(CC(F)(F)F)C(CCCN)COC. The monoisotopic (exact) mass is 256 g/mol. The minimum absolute atomic E-state index is 0.204. The Balaban J connectivity index is 4.45. The molecule has 104 valence electrons. The lowest BCUT2D eigenvalue weighted by Gasteiger charge is -2.31. The Morgan fingerprint density at radius 1 is 1.35 bits per heavy atom. The molecular formula is C11H23F3N2O. The van der Waals surface area contributed by atoms with Crippen LogP contribution in [-0.4, -0.2) is 50.5 Å². The first-order valence-electron chi connectivity index (χ1n) is 5.94. The molecule has 17 heavy (non-hydrogen) atoms. The van der Waals surface area contributed by atoms with Gasteiger partial charge >= 0.3 is 6.18 Å². The Labute approximate surface area is 101 Å². The zero-order chi connectivity index (χ0) is 13.3. The molecule has 0 fully saturated rings. The van der Waals surface area contributed by atoms with Crippen LogP contribution in [0.4, 0.5) is 13.2 Å². The van der Waals surface area contributed by atoms with Gasteiger partial charge in [-0.15, -0.1) is 0 Å². The molecule has 0 aromatic heterocycles. The number of alkyl halides is 3. The van der Waals surface area contributed by atoms with Crippen LogP contribution in [0.1, 0.15) is 26.2 Å². The summed E-state index contributed by atoms with van der Waals surface area (Å²) in [7, 11) is 1.51. The third kappa shape index (κ3) is 8.40. The van der Waals surface area contributed by atoms with Crippen molar-refractivity contribution in [2.24, 2.45) is 5.73 Å². The van der Waals surface area contributed by atoms with E-state index < -0.39 is 12.7 Å². The molecule has 1 atom stereocenters. The van der Waals surface area contributed by atoms with E-state index in [2.05, 4.69) is 0 Å². The molecule has 0 bridgehead atoms. The molecular weight excluding hydrogens is 233 g/mol. The summed E-state index contributed by atoms with van der Waals surface area (Å²) in [6.45, 7) is 2.23. The molecule has 0 aromatic carbocycles. The third-order valence-corrected chi connectivity index (χ3v) is 2.51. The predicted molar refractivity (Wildman–Crippen MR) is 61.9 cm³/mol. The van der Waals surface area contributed by atoms with Crippen LogP contribution in [0, 0.1) is 0 Å². The fraction of sp³-hybridized carbons (Fsp3) is 1.00. The second-order valence-corrected chi connectivity index (χ2v) is 4.13. The molecule has 0 amide bonds. The zero-order valence-corrected chi connectivity index (χ0v) is 10.6. The van der Waals surface area contributed by atoms with Gasteiger partial charge < -0.3 is 10.5 Å². The van der Waals surface area contributed by atoms with Crippen molar-refractivity contribution in [3.8, 4) is 0 Å². The van der Waals surface area contributed by atoms with E-state index in [-0.39, 0.29) is 6.04 Å². The smallest absolute Gasteiger partial charge is 0.383 e. The molecule has 0 aliphatic carbocycles. The van der Waals surface area contributed by atoms with Crippen LogP contribution in [0.15, 0.2) is 0 Å². The Morgan fingerprint density at radius 2 is 2.00 bits per heavy atom. The minimum Gasteiger partial charge on any atom is -0.383 e. The highest BCUT2D eigenvalue weighted by Crippen LogP contribution is 2.20. The van der Waals surface area contributed by atoms with Crippen molar-refractivity contribution < 1.29 is 17.9 Å². The van der Waals surface area contributed by atoms with Crippen molar-refractivity contribution in [2.75, 3.05) is 33.4 Å². The highest BCUT2D eigenvalue weighted by atomic mass is 19.4. The van der Waals surface area contributed by atoms with Crippen LogP contribution in [0.2, 0.25) is 0 Å². The summed E-state index contributed by atoms with van der Waals surface area (Å²) >= 11 is 0. The quantitative estimate of drug-likeness (QED) is 0.686. The van der Waals surface area contributed by atoms with E-state index in [1.165, 1.54) is 12.0 Å². The van der Waals surface area contributed by atoms with Gasteiger partial charge in [0.2, 0.25) is 0 Å². The molecule has 6 heteroatoms. The molecule has 0 aliphatic rings. The van der Waals surface area contributed by atoms with Crippen molar-refractivity contribution in [1.82, 2.24) is 4.90 Å². The Kier molecular flexibility index (Phi) is 8.55. The van der Waals surface area contributed by atoms with Gasteiger partial charge in [-0.1, -0.05) is 6.92 Å². The molecule has 0 saturated heterocycles. The number of halogens is 3. The normalized spacial score (nSPS) is 14.3. The van der Waals surface area contributed by atoms with E-state index in [1.54, 1.807) is 0 Å². The lowest BCUT2D eigenvalue weighted by molar-refractivity contribution is -0.153. The van der Waals surface area contributed by atoms with Gasteiger partial charge in [0.15, 0.2) is 0 Å². The largest absolute Gasteiger partial charge is 0.401 e. The van der Waals surface area contributed by atoms with Gasteiger partial charge in [0, 0.05) is 13.2 Å². The van der Waals surface area contributed by atoms with E-state index in [9.17, 15) is 13.2 Å². The fourth-order valence-electron chi connectivity index (χ4n) is 1.83. The molecule has 0 aliphatic heterocycles. The summed E-state index contributed by atoms with van der Waals surface area (Å²) in [5.41, 5.74) is 5.39. The van der Waals surface area contributed by atoms with Crippen LogP contribution in [0.3, 0.4) is 0 Å². The number of methoxy groups -OCH3 is 1. The van der Waals surface area contributed by atoms with E-state index in [0.717, 1.165) is 0 Å². The number of nitrogens with zero attached hydrogens (tertiary/aromatic N) is 1. The van der Waals surface area contributed by atoms with Gasteiger partial charge in [0.1, 0.15) is 0 Å². The van der Waals surface area contributed by atoms with E-state index in [4.69, 9.17) is 10.5 Å². The Bertz CT molecular complexity index is 188. The zero-order valence-electron chi connectivity index (χ0n) is 10.6. The molecule has 0 radical (unpaired) electrons. The summed E-state index contributed by atoms with van der Waals surface area (Å²) in [5, 5.41) is 0. The van der Waals surface area contributed by atoms with Crippen LogP contribution in [0.25, 0.3) is 0 Å². The fourth-order valence-corrected chi connectivity index (χ4v) is 1.83. The van der Waals surface area contributed by atoms with Gasteiger partial charge in [0.25, 0.3) is 0 Å². The van der Waals surface area contributed by atoms with Crippen LogP contribution < -0.4 is 5.73 Å². The molecule has 0 heterocycles. The van der Waals surface area contributed by atoms with E-state index >= 15 is 0 Å². The molecule has 0 aromatic rings.